The van der Waals surface area contributed by atoms with E-state index in [4.69, 9.17) is 4.74 Å². The number of ether oxygens (including phenoxy) is 1. The maximum Gasteiger partial charge on any atom is 0.253 e. The minimum atomic E-state index is -0.241. The predicted octanol–water partition coefficient (Wildman–Crippen LogP) is 1.38. The standard InChI is InChI=1S/C13H13NO3/c15-12-7-8-13(16)14(12)9-4-10-17-11-5-2-1-3-6-11/h1-3,5-8H,4,9-10H2. The predicted molar refractivity (Wildman–Crippen MR) is 62.4 cm³/mol. The van der Waals surface area contributed by atoms with Crippen LogP contribution in [0.5, 0.6) is 5.75 Å². The van der Waals surface area contributed by atoms with Gasteiger partial charge in [0.2, 0.25) is 0 Å². The first-order chi connectivity index (χ1) is 8.27. The zero-order chi connectivity index (χ0) is 12.1. The third-order valence-corrected chi connectivity index (χ3v) is 2.44. The van der Waals surface area contributed by atoms with E-state index in [2.05, 4.69) is 0 Å². The van der Waals surface area contributed by atoms with E-state index >= 15 is 0 Å². The number of rotatable bonds is 5. The van der Waals surface area contributed by atoms with Crippen molar-refractivity contribution in [2.75, 3.05) is 13.2 Å². The first kappa shape index (κ1) is 11.4. The van der Waals surface area contributed by atoms with Crippen molar-refractivity contribution in [1.82, 2.24) is 4.90 Å². The van der Waals surface area contributed by atoms with E-state index in [1.54, 1.807) is 0 Å². The van der Waals surface area contributed by atoms with Crippen LogP contribution in [0.3, 0.4) is 0 Å². The molecule has 0 saturated carbocycles. The molecule has 0 bridgehead atoms. The second-order valence-corrected chi connectivity index (χ2v) is 3.68. The molecule has 4 heteroatoms. The van der Waals surface area contributed by atoms with Crippen LogP contribution in [0, 0.1) is 0 Å². The van der Waals surface area contributed by atoms with Gasteiger partial charge in [0.15, 0.2) is 0 Å². The highest BCUT2D eigenvalue weighted by molar-refractivity contribution is 6.12. The summed E-state index contributed by atoms with van der Waals surface area (Å²) >= 11 is 0. The third-order valence-electron chi connectivity index (χ3n) is 2.44. The molecule has 1 aromatic rings. The monoisotopic (exact) mass is 231 g/mol. The van der Waals surface area contributed by atoms with Gasteiger partial charge in [-0.15, -0.1) is 0 Å². The summed E-state index contributed by atoms with van der Waals surface area (Å²) in [6.45, 7) is 0.887. The molecule has 0 aliphatic carbocycles. The molecule has 2 rings (SSSR count). The first-order valence-electron chi connectivity index (χ1n) is 5.49. The van der Waals surface area contributed by atoms with Gasteiger partial charge in [0.05, 0.1) is 6.61 Å². The average molecular weight is 231 g/mol. The third kappa shape index (κ3) is 2.93. The topological polar surface area (TPSA) is 46.6 Å². The molecule has 0 atom stereocenters. The molecule has 0 fully saturated rings. The molecule has 1 aliphatic rings. The Hall–Kier alpha value is -2.10. The summed E-state index contributed by atoms with van der Waals surface area (Å²) < 4.78 is 5.47. The summed E-state index contributed by atoms with van der Waals surface area (Å²) in [5, 5.41) is 0. The molecule has 88 valence electrons. The quantitative estimate of drug-likeness (QED) is 0.568. The van der Waals surface area contributed by atoms with Crippen molar-refractivity contribution < 1.29 is 14.3 Å². The van der Waals surface area contributed by atoms with E-state index < -0.39 is 0 Å². The summed E-state index contributed by atoms with van der Waals surface area (Å²) in [5.74, 6) is 0.314. The maximum atomic E-state index is 11.2. The second-order valence-electron chi connectivity index (χ2n) is 3.68. The molecule has 0 unspecified atom stereocenters. The van der Waals surface area contributed by atoms with Gasteiger partial charge >= 0.3 is 0 Å². The fourth-order valence-corrected chi connectivity index (χ4v) is 1.58. The van der Waals surface area contributed by atoms with Gasteiger partial charge in [-0.1, -0.05) is 18.2 Å². The highest BCUT2D eigenvalue weighted by Crippen LogP contribution is 2.09. The van der Waals surface area contributed by atoms with Crippen LogP contribution in [0.25, 0.3) is 0 Å². The van der Waals surface area contributed by atoms with Crippen molar-refractivity contribution >= 4 is 11.8 Å². The Bertz CT molecular complexity index is 421. The van der Waals surface area contributed by atoms with Gasteiger partial charge in [-0.3, -0.25) is 14.5 Å². The van der Waals surface area contributed by atoms with Gasteiger partial charge in [-0.05, 0) is 18.6 Å². The van der Waals surface area contributed by atoms with E-state index in [0.29, 0.717) is 19.6 Å². The number of carbonyl (C=O) groups is 2. The van der Waals surface area contributed by atoms with E-state index in [1.165, 1.54) is 17.1 Å². The van der Waals surface area contributed by atoms with E-state index in [-0.39, 0.29) is 11.8 Å². The van der Waals surface area contributed by atoms with Crippen molar-refractivity contribution in [3.63, 3.8) is 0 Å². The molecule has 1 heterocycles. The van der Waals surface area contributed by atoms with E-state index in [0.717, 1.165) is 5.75 Å². The maximum absolute atomic E-state index is 11.2. The molecule has 0 spiro atoms. The highest BCUT2D eigenvalue weighted by atomic mass is 16.5. The Kier molecular flexibility index (Phi) is 3.55. The first-order valence-corrected chi connectivity index (χ1v) is 5.49. The zero-order valence-corrected chi connectivity index (χ0v) is 9.33. The number of hydrogen-bond acceptors (Lipinski definition) is 3. The fourth-order valence-electron chi connectivity index (χ4n) is 1.58. The van der Waals surface area contributed by atoms with Crippen LogP contribution in [-0.2, 0) is 9.59 Å². The van der Waals surface area contributed by atoms with Gasteiger partial charge in [-0.2, -0.15) is 0 Å². The number of benzene rings is 1. The van der Waals surface area contributed by atoms with Crippen molar-refractivity contribution in [3.05, 3.63) is 42.5 Å². The smallest absolute Gasteiger partial charge is 0.253 e. The van der Waals surface area contributed by atoms with Crippen LogP contribution in [0.2, 0.25) is 0 Å². The van der Waals surface area contributed by atoms with Crippen LogP contribution < -0.4 is 4.74 Å². The molecular weight excluding hydrogens is 218 g/mol. The fraction of sp³-hybridized carbons (Fsp3) is 0.231. The lowest BCUT2D eigenvalue weighted by atomic mass is 10.3. The second kappa shape index (κ2) is 5.30. The van der Waals surface area contributed by atoms with E-state index in [1.807, 2.05) is 30.3 Å². The van der Waals surface area contributed by atoms with Crippen molar-refractivity contribution in [2.24, 2.45) is 0 Å². The van der Waals surface area contributed by atoms with Crippen LogP contribution in [0.1, 0.15) is 6.42 Å². The Morgan fingerprint density at radius 2 is 1.65 bits per heavy atom. The van der Waals surface area contributed by atoms with Gasteiger partial charge in [-0.25, -0.2) is 0 Å². The normalized spacial score (nSPS) is 14.5. The molecule has 1 aliphatic heterocycles. The van der Waals surface area contributed by atoms with Crippen LogP contribution in [0.4, 0.5) is 0 Å². The zero-order valence-electron chi connectivity index (χ0n) is 9.33. The summed E-state index contributed by atoms with van der Waals surface area (Å²) in [6, 6.07) is 9.45. The largest absolute Gasteiger partial charge is 0.494 e. The number of amides is 2. The number of imide groups is 1. The lowest BCUT2D eigenvalue weighted by Gasteiger charge is -2.13. The molecule has 2 amide bonds. The SMILES string of the molecule is O=C1C=CC(=O)N1CCCOc1ccccc1. The summed E-state index contributed by atoms with van der Waals surface area (Å²) in [4.78, 5) is 23.7. The summed E-state index contributed by atoms with van der Waals surface area (Å²) in [6.07, 6.45) is 3.22. The molecule has 0 N–H and O–H groups in total. The molecule has 1 aromatic carbocycles. The van der Waals surface area contributed by atoms with Gasteiger partial charge < -0.3 is 4.74 Å². The Morgan fingerprint density at radius 3 is 2.29 bits per heavy atom. The number of carbonyl (C=O) groups excluding carboxylic acids is 2. The van der Waals surface area contributed by atoms with Gasteiger partial charge in [0.25, 0.3) is 11.8 Å². The number of para-hydroxylation sites is 1. The molecule has 17 heavy (non-hydrogen) atoms. The minimum Gasteiger partial charge on any atom is -0.494 e. The Labute approximate surface area is 99.5 Å². The van der Waals surface area contributed by atoms with Crippen molar-refractivity contribution in [1.29, 1.82) is 0 Å². The summed E-state index contributed by atoms with van der Waals surface area (Å²) in [5.41, 5.74) is 0. The lowest BCUT2D eigenvalue weighted by molar-refractivity contribution is -0.136. The van der Waals surface area contributed by atoms with Crippen LogP contribution in [0.15, 0.2) is 42.5 Å². The number of hydrogen-bond donors (Lipinski definition) is 0. The average Bonchev–Trinajstić information content (AvgIpc) is 2.67. The van der Waals surface area contributed by atoms with Crippen LogP contribution >= 0.6 is 0 Å². The highest BCUT2D eigenvalue weighted by Gasteiger charge is 2.22. The van der Waals surface area contributed by atoms with Crippen molar-refractivity contribution in [2.45, 2.75) is 6.42 Å². The summed E-state index contributed by atoms with van der Waals surface area (Å²) in [7, 11) is 0. The molecule has 0 aromatic heterocycles. The molecule has 0 radical (unpaired) electrons. The Morgan fingerprint density at radius 1 is 1.00 bits per heavy atom. The Balaban J connectivity index is 1.70. The minimum absolute atomic E-state index is 0.241. The van der Waals surface area contributed by atoms with Gasteiger partial charge in [0, 0.05) is 18.7 Å². The molecule has 4 nitrogen and oxygen atoms in total. The molecule has 0 saturated heterocycles. The number of nitrogens with zero attached hydrogens (tertiary/aromatic N) is 1. The van der Waals surface area contributed by atoms with E-state index in [9.17, 15) is 9.59 Å². The van der Waals surface area contributed by atoms with Crippen molar-refractivity contribution in [3.8, 4) is 5.75 Å². The van der Waals surface area contributed by atoms with Gasteiger partial charge in [0.1, 0.15) is 5.75 Å². The lowest BCUT2D eigenvalue weighted by Crippen LogP contribution is -2.31. The van der Waals surface area contributed by atoms with Crippen LogP contribution in [-0.4, -0.2) is 29.9 Å². The molecular formula is C13H13NO3.